The van der Waals surface area contributed by atoms with Crippen molar-refractivity contribution in [2.45, 2.75) is 5.92 Å². The minimum atomic E-state index is -2.95. The molecule has 0 radical (unpaired) electrons. The summed E-state index contributed by atoms with van der Waals surface area (Å²) in [6.45, 7) is -0.629. The van der Waals surface area contributed by atoms with Gasteiger partial charge in [0.25, 0.3) is 11.8 Å². The first-order chi connectivity index (χ1) is 7.48. The van der Waals surface area contributed by atoms with E-state index >= 15 is 0 Å². The second kappa shape index (κ2) is 3.55. The van der Waals surface area contributed by atoms with Gasteiger partial charge < -0.3 is 10.6 Å². The average Bonchev–Trinajstić information content (AvgIpc) is 2.59. The third-order valence-electron chi connectivity index (χ3n) is 2.17. The normalized spacial score (nSPS) is 17.8. The second-order valence-corrected chi connectivity index (χ2v) is 3.48. The van der Waals surface area contributed by atoms with Crippen LogP contribution in [-0.4, -0.2) is 28.3 Å². The first kappa shape index (κ1) is 10.5. The van der Waals surface area contributed by atoms with E-state index in [0.29, 0.717) is 6.08 Å². The predicted octanol–water partition coefficient (Wildman–Crippen LogP) is 1.27. The zero-order chi connectivity index (χ0) is 11.8. The van der Waals surface area contributed by atoms with Gasteiger partial charge >= 0.3 is 0 Å². The number of nitrogens with two attached hydrogens (primary N) is 1. The Hall–Kier alpha value is -1.98. The van der Waals surface area contributed by atoms with E-state index in [-0.39, 0.29) is 11.4 Å². The molecule has 0 unspecified atom stereocenters. The molecule has 0 saturated heterocycles. The fraction of sp³-hybridized carbons (Fsp3) is 0.200. The molecule has 0 fully saturated rings. The Morgan fingerprint density at radius 3 is 2.75 bits per heavy atom. The Morgan fingerprint density at radius 1 is 1.50 bits per heavy atom. The summed E-state index contributed by atoms with van der Waals surface area (Å²) in [7, 11) is 0. The molecular formula is C10H9F2N3O. The minimum absolute atomic E-state index is 0.233. The van der Waals surface area contributed by atoms with Crippen LogP contribution in [0.1, 0.15) is 10.4 Å². The molecule has 2 heterocycles. The largest absolute Gasteiger partial charge is 0.384 e. The lowest BCUT2D eigenvalue weighted by molar-refractivity contribution is 0.0387. The average molecular weight is 225 g/mol. The molecule has 16 heavy (non-hydrogen) atoms. The summed E-state index contributed by atoms with van der Waals surface area (Å²) in [6.07, 6.45) is 3.05. The zero-order valence-corrected chi connectivity index (χ0v) is 8.23. The SMILES string of the molecule is Nc1ccc(C(=O)N2C=CC(F)(F)C2)cn1. The third-order valence-corrected chi connectivity index (χ3v) is 2.17. The number of rotatable bonds is 1. The van der Waals surface area contributed by atoms with Gasteiger partial charge in [-0.3, -0.25) is 4.79 Å². The number of nitrogen functional groups attached to an aromatic ring is 1. The molecule has 0 bridgehead atoms. The van der Waals surface area contributed by atoms with Crippen LogP contribution in [0.3, 0.4) is 0 Å². The van der Waals surface area contributed by atoms with Gasteiger partial charge in [-0.15, -0.1) is 0 Å². The van der Waals surface area contributed by atoms with Crippen LogP contribution < -0.4 is 5.73 Å². The highest BCUT2D eigenvalue weighted by Crippen LogP contribution is 2.24. The van der Waals surface area contributed by atoms with Crippen molar-refractivity contribution in [2.75, 3.05) is 12.3 Å². The van der Waals surface area contributed by atoms with Crippen molar-refractivity contribution < 1.29 is 13.6 Å². The summed E-state index contributed by atoms with van der Waals surface area (Å²) in [6, 6.07) is 2.90. The lowest BCUT2D eigenvalue weighted by atomic mass is 10.2. The van der Waals surface area contributed by atoms with Crippen LogP contribution in [0.25, 0.3) is 0 Å². The Morgan fingerprint density at radius 2 is 2.25 bits per heavy atom. The molecule has 2 N–H and O–H groups in total. The van der Waals surface area contributed by atoms with Gasteiger partial charge in [0.1, 0.15) is 5.82 Å². The number of aromatic nitrogens is 1. The Balaban J connectivity index is 2.15. The van der Waals surface area contributed by atoms with Gasteiger partial charge in [0.15, 0.2) is 0 Å². The molecule has 0 aliphatic carbocycles. The van der Waals surface area contributed by atoms with E-state index in [1.807, 2.05) is 0 Å². The van der Waals surface area contributed by atoms with Crippen molar-refractivity contribution in [3.63, 3.8) is 0 Å². The number of carbonyl (C=O) groups is 1. The molecule has 2 rings (SSSR count). The molecule has 1 aromatic heterocycles. The van der Waals surface area contributed by atoms with E-state index in [1.165, 1.54) is 18.3 Å². The van der Waals surface area contributed by atoms with Gasteiger partial charge in [0.05, 0.1) is 12.1 Å². The summed E-state index contributed by atoms with van der Waals surface area (Å²) in [5.74, 6) is -3.18. The number of nitrogens with zero attached hydrogens (tertiary/aromatic N) is 2. The standard InChI is InChI=1S/C10H9F2N3O/c11-10(12)3-4-15(6-10)9(16)7-1-2-8(13)14-5-7/h1-5H,6H2,(H2,13,14). The highest BCUT2D eigenvalue weighted by molar-refractivity contribution is 5.95. The van der Waals surface area contributed by atoms with Crippen LogP contribution in [0.4, 0.5) is 14.6 Å². The number of halogens is 2. The predicted molar refractivity (Wildman–Crippen MR) is 53.8 cm³/mol. The number of alkyl halides is 2. The van der Waals surface area contributed by atoms with Gasteiger partial charge in [0.2, 0.25) is 0 Å². The van der Waals surface area contributed by atoms with Crippen LogP contribution in [0.5, 0.6) is 0 Å². The highest BCUT2D eigenvalue weighted by atomic mass is 19.3. The van der Waals surface area contributed by atoms with Gasteiger partial charge in [0, 0.05) is 18.5 Å². The van der Waals surface area contributed by atoms with Crippen LogP contribution in [-0.2, 0) is 0 Å². The van der Waals surface area contributed by atoms with Crippen molar-refractivity contribution in [3.05, 3.63) is 36.2 Å². The van der Waals surface area contributed by atoms with Crippen LogP contribution in [0.15, 0.2) is 30.6 Å². The number of anilines is 1. The zero-order valence-electron chi connectivity index (χ0n) is 8.23. The van der Waals surface area contributed by atoms with Gasteiger partial charge in [-0.25, -0.2) is 4.98 Å². The molecule has 1 aromatic rings. The van der Waals surface area contributed by atoms with Crippen molar-refractivity contribution in [1.29, 1.82) is 0 Å². The topological polar surface area (TPSA) is 59.2 Å². The molecule has 0 atom stereocenters. The Bertz CT molecular complexity index is 442. The number of hydrogen-bond acceptors (Lipinski definition) is 3. The fourth-order valence-electron chi connectivity index (χ4n) is 1.37. The molecule has 4 nitrogen and oxygen atoms in total. The summed E-state index contributed by atoms with van der Waals surface area (Å²) in [4.78, 5) is 16.4. The van der Waals surface area contributed by atoms with Crippen LogP contribution >= 0.6 is 0 Å². The lowest BCUT2D eigenvalue weighted by Crippen LogP contribution is -2.30. The Kier molecular flexibility index (Phi) is 2.34. The molecule has 0 spiro atoms. The summed E-state index contributed by atoms with van der Waals surface area (Å²) in [5, 5.41) is 0. The van der Waals surface area contributed by atoms with E-state index in [2.05, 4.69) is 4.98 Å². The number of hydrogen-bond donors (Lipinski definition) is 1. The van der Waals surface area contributed by atoms with E-state index in [1.54, 1.807) is 0 Å². The number of amides is 1. The first-order valence-electron chi connectivity index (χ1n) is 4.58. The maximum absolute atomic E-state index is 12.8. The van der Waals surface area contributed by atoms with Crippen molar-refractivity contribution in [2.24, 2.45) is 0 Å². The molecule has 0 saturated carbocycles. The van der Waals surface area contributed by atoms with E-state index in [4.69, 9.17) is 5.73 Å². The second-order valence-electron chi connectivity index (χ2n) is 3.48. The molecule has 0 aromatic carbocycles. The molecule has 84 valence electrons. The minimum Gasteiger partial charge on any atom is -0.384 e. The lowest BCUT2D eigenvalue weighted by Gasteiger charge is -2.15. The van der Waals surface area contributed by atoms with E-state index in [9.17, 15) is 13.6 Å². The molecule has 1 amide bonds. The molecule has 1 aliphatic rings. The first-order valence-corrected chi connectivity index (χ1v) is 4.58. The smallest absolute Gasteiger partial charge is 0.285 e. The third kappa shape index (κ3) is 2.00. The maximum atomic E-state index is 12.8. The van der Waals surface area contributed by atoms with E-state index < -0.39 is 18.4 Å². The quantitative estimate of drug-likeness (QED) is 0.782. The van der Waals surface area contributed by atoms with Gasteiger partial charge in [-0.1, -0.05) is 0 Å². The molecular weight excluding hydrogens is 216 g/mol. The summed E-state index contributed by atoms with van der Waals surface area (Å²) >= 11 is 0. The van der Waals surface area contributed by atoms with Crippen molar-refractivity contribution in [3.8, 4) is 0 Å². The monoisotopic (exact) mass is 225 g/mol. The summed E-state index contributed by atoms with van der Waals surface area (Å²) in [5.41, 5.74) is 5.59. The van der Waals surface area contributed by atoms with Crippen molar-refractivity contribution >= 4 is 11.7 Å². The Labute approximate surface area is 90.4 Å². The van der Waals surface area contributed by atoms with Crippen LogP contribution in [0, 0.1) is 0 Å². The highest BCUT2D eigenvalue weighted by Gasteiger charge is 2.35. The van der Waals surface area contributed by atoms with E-state index in [0.717, 1.165) is 11.1 Å². The maximum Gasteiger partial charge on any atom is 0.285 e. The summed E-state index contributed by atoms with van der Waals surface area (Å²) < 4.78 is 25.6. The number of pyridine rings is 1. The molecule has 1 aliphatic heterocycles. The van der Waals surface area contributed by atoms with Crippen LogP contribution in [0.2, 0.25) is 0 Å². The van der Waals surface area contributed by atoms with Gasteiger partial charge in [-0.05, 0) is 12.1 Å². The fourth-order valence-corrected chi connectivity index (χ4v) is 1.37. The van der Waals surface area contributed by atoms with Crippen molar-refractivity contribution in [1.82, 2.24) is 9.88 Å². The number of carbonyl (C=O) groups excluding carboxylic acids is 1. The molecule has 6 heteroatoms. The van der Waals surface area contributed by atoms with Gasteiger partial charge in [-0.2, -0.15) is 8.78 Å².